The number of epoxide rings is 1. The van der Waals surface area contributed by atoms with Crippen LogP contribution in [0.3, 0.4) is 0 Å². The third kappa shape index (κ3) is 2.52. The van der Waals surface area contributed by atoms with Gasteiger partial charge in [-0.1, -0.05) is 12.1 Å². The highest BCUT2D eigenvalue weighted by molar-refractivity contribution is 5.75. The number of carboxylic acid groups (broad SMARTS) is 1. The van der Waals surface area contributed by atoms with E-state index in [4.69, 9.17) is 14.6 Å². The van der Waals surface area contributed by atoms with Gasteiger partial charge in [0.1, 0.15) is 5.75 Å². The van der Waals surface area contributed by atoms with Crippen LogP contribution in [0.2, 0.25) is 0 Å². The molecule has 1 aliphatic rings. The van der Waals surface area contributed by atoms with Gasteiger partial charge in [-0.15, -0.1) is 0 Å². The van der Waals surface area contributed by atoms with E-state index < -0.39 is 12.1 Å². The smallest absolute Gasteiger partial charge is 0.335 e. The van der Waals surface area contributed by atoms with Crippen molar-refractivity contribution in [3.63, 3.8) is 0 Å². The van der Waals surface area contributed by atoms with E-state index >= 15 is 0 Å². The summed E-state index contributed by atoms with van der Waals surface area (Å²) in [5.74, 6) is -0.0328. The Balaban J connectivity index is 1.80. The molecule has 1 aromatic carbocycles. The summed E-state index contributed by atoms with van der Waals surface area (Å²) in [7, 11) is 1.63. The summed E-state index contributed by atoms with van der Waals surface area (Å²) in [6.07, 6.45) is 0.889. The van der Waals surface area contributed by atoms with Crippen LogP contribution in [0.4, 0.5) is 0 Å². The Labute approximate surface area is 93.8 Å². The van der Waals surface area contributed by atoms with Gasteiger partial charge < -0.3 is 14.6 Å². The normalized spacial score (nSPS) is 22.8. The number of hydrogen-bond acceptors (Lipinski definition) is 3. The zero-order valence-electron chi connectivity index (χ0n) is 9.05. The SMILES string of the molecule is COc1ccc(CCC2OC2C(=O)O)cc1. The van der Waals surface area contributed by atoms with Crippen molar-refractivity contribution < 1.29 is 19.4 Å². The lowest BCUT2D eigenvalue weighted by Crippen LogP contribution is -2.08. The number of benzene rings is 1. The molecule has 1 saturated heterocycles. The lowest BCUT2D eigenvalue weighted by molar-refractivity contribution is -0.138. The molecule has 2 unspecified atom stereocenters. The second kappa shape index (κ2) is 4.53. The molecule has 0 bridgehead atoms. The lowest BCUT2D eigenvalue weighted by Gasteiger charge is -2.01. The molecular weight excluding hydrogens is 208 g/mol. The van der Waals surface area contributed by atoms with Gasteiger partial charge >= 0.3 is 5.97 Å². The third-order valence-electron chi connectivity index (χ3n) is 2.70. The molecule has 1 N–H and O–H groups in total. The largest absolute Gasteiger partial charge is 0.497 e. The molecule has 16 heavy (non-hydrogen) atoms. The molecule has 0 radical (unpaired) electrons. The first-order valence-corrected chi connectivity index (χ1v) is 5.22. The zero-order chi connectivity index (χ0) is 11.5. The van der Waals surface area contributed by atoms with Crippen LogP contribution in [0.15, 0.2) is 24.3 Å². The van der Waals surface area contributed by atoms with E-state index in [-0.39, 0.29) is 6.10 Å². The van der Waals surface area contributed by atoms with Crippen molar-refractivity contribution in [2.24, 2.45) is 0 Å². The molecule has 1 fully saturated rings. The zero-order valence-corrected chi connectivity index (χ0v) is 9.05. The summed E-state index contributed by atoms with van der Waals surface area (Å²) >= 11 is 0. The molecule has 0 saturated carbocycles. The number of carboxylic acids is 1. The van der Waals surface area contributed by atoms with Gasteiger partial charge in [0.2, 0.25) is 0 Å². The van der Waals surface area contributed by atoms with Crippen LogP contribution in [0.5, 0.6) is 5.75 Å². The van der Waals surface area contributed by atoms with E-state index in [2.05, 4.69) is 0 Å². The van der Waals surface area contributed by atoms with E-state index in [1.54, 1.807) is 7.11 Å². The minimum Gasteiger partial charge on any atom is -0.497 e. The molecule has 1 aromatic rings. The van der Waals surface area contributed by atoms with Gasteiger partial charge in [0.25, 0.3) is 0 Å². The second-order valence-electron chi connectivity index (χ2n) is 3.82. The van der Waals surface area contributed by atoms with E-state index in [9.17, 15) is 4.79 Å². The Hall–Kier alpha value is -1.55. The van der Waals surface area contributed by atoms with Gasteiger partial charge in [-0.3, -0.25) is 0 Å². The molecule has 2 rings (SSSR count). The number of hydrogen-bond donors (Lipinski definition) is 1. The molecule has 4 heteroatoms. The van der Waals surface area contributed by atoms with Crippen molar-refractivity contribution in [2.45, 2.75) is 25.0 Å². The molecule has 0 amide bonds. The number of carbonyl (C=O) groups is 1. The van der Waals surface area contributed by atoms with Crippen LogP contribution >= 0.6 is 0 Å². The number of aliphatic carboxylic acids is 1. The predicted molar refractivity (Wildman–Crippen MR) is 57.6 cm³/mol. The fourth-order valence-electron chi connectivity index (χ4n) is 1.68. The Morgan fingerprint density at radius 3 is 2.62 bits per heavy atom. The summed E-state index contributed by atoms with van der Waals surface area (Å²) in [6.45, 7) is 0. The highest BCUT2D eigenvalue weighted by Gasteiger charge is 2.44. The summed E-state index contributed by atoms with van der Waals surface area (Å²) in [4.78, 5) is 10.5. The lowest BCUT2D eigenvalue weighted by atomic mass is 10.1. The first-order chi connectivity index (χ1) is 7.70. The molecule has 1 aliphatic heterocycles. The summed E-state index contributed by atoms with van der Waals surface area (Å²) in [6, 6.07) is 7.77. The molecule has 2 atom stereocenters. The van der Waals surface area contributed by atoms with E-state index in [1.807, 2.05) is 24.3 Å². The number of ether oxygens (including phenoxy) is 2. The number of rotatable bonds is 5. The minimum absolute atomic E-state index is 0.111. The second-order valence-corrected chi connectivity index (χ2v) is 3.82. The Morgan fingerprint density at radius 2 is 2.12 bits per heavy atom. The maximum absolute atomic E-state index is 10.5. The molecule has 4 nitrogen and oxygen atoms in total. The van der Waals surface area contributed by atoms with Gasteiger partial charge in [0.05, 0.1) is 13.2 Å². The quantitative estimate of drug-likeness (QED) is 0.766. The monoisotopic (exact) mass is 222 g/mol. The molecule has 1 heterocycles. The Kier molecular flexibility index (Phi) is 3.10. The van der Waals surface area contributed by atoms with Crippen molar-refractivity contribution >= 4 is 5.97 Å². The average molecular weight is 222 g/mol. The first-order valence-electron chi connectivity index (χ1n) is 5.22. The van der Waals surface area contributed by atoms with E-state index in [0.717, 1.165) is 18.6 Å². The van der Waals surface area contributed by atoms with Crippen molar-refractivity contribution in [1.29, 1.82) is 0 Å². The fraction of sp³-hybridized carbons (Fsp3) is 0.417. The van der Waals surface area contributed by atoms with Gasteiger partial charge in [-0.05, 0) is 30.5 Å². The van der Waals surface area contributed by atoms with Crippen LogP contribution in [-0.2, 0) is 16.0 Å². The fourth-order valence-corrected chi connectivity index (χ4v) is 1.68. The predicted octanol–water partition coefficient (Wildman–Crippen LogP) is 1.48. The molecule has 0 spiro atoms. The van der Waals surface area contributed by atoms with Crippen LogP contribution in [-0.4, -0.2) is 30.4 Å². The van der Waals surface area contributed by atoms with Gasteiger partial charge in [-0.2, -0.15) is 0 Å². The van der Waals surface area contributed by atoms with Crippen molar-refractivity contribution in [3.05, 3.63) is 29.8 Å². The maximum atomic E-state index is 10.5. The molecule has 86 valence electrons. The topological polar surface area (TPSA) is 59.1 Å². The third-order valence-corrected chi connectivity index (χ3v) is 2.70. The Bertz CT molecular complexity index is 371. The van der Waals surface area contributed by atoms with Crippen molar-refractivity contribution in [3.8, 4) is 5.75 Å². The van der Waals surface area contributed by atoms with Crippen LogP contribution in [0.1, 0.15) is 12.0 Å². The molecule has 0 aliphatic carbocycles. The highest BCUT2D eigenvalue weighted by Crippen LogP contribution is 2.27. The van der Waals surface area contributed by atoms with Crippen molar-refractivity contribution in [1.82, 2.24) is 0 Å². The van der Waals surface area contributed by atoms with Crippen LogP contribution in [0.25, 0.3) is 0 Å². The van der Waals surface area contributed by atoms with Gasteiger partial charge in [0, 0.05) is 0 Å². The molecular formula is C12H14O4. The van der Waals surface area contributed by atoms with Crippen LogP contribution < -0.4 is 4.74 Å². The highest BCUT2D eigenvalue weighted by atomic mass is 16.6. The summed E-state index contributed by atoms with van der Waals surface area (Å²) in [5, 5.41) is 8.65. The maximum Gasteiger partial charge on any atom is 0.335 e. The van der Waals surface area contributed by atoms with Crippen LogP contribution in [0, 0.1) is 0 Å². The molecule has 0 aromatic heterocycles. The number of aryl methyl sites for hydroxylation is 1. The first kappa shape index (κ1) is 11.0. The minimum atomic E-state index is -0.861. The average Bonchev–Trinajstić information content (AvgIpc) is 3.06. The standard InChI is InChI=1S/C12H14O4/c1-15-9-5-2-8(3-6-9)4-7-10-11(16-10)12(13)14/h2-3,5-6,10-11H,4,7H2,1H3,(H,13,14). The van der Waals surface area contributed by atoms with Gasteiger partial charge in [-0.25, -0.2) is 4.79 Å². The summed E-state index contributed by atoms with van der Waals surface area (Å²) < 4.78 is 10.1. The van der Waals surface area contributed by atoms with E-state index in [0.29, 0.717) is 0 Å². The van der Waals surface area contributed by atoms with Crippen molar-refractivity contribution in [2.75, 3.05) is 7.11 Å². The van der Waals surface area contributed by atoms with Gasteiger partial charge in [0.15, 0.2) is 6.10 Å². The Morgan fingerprint density at radius 1 is 1.44 bits per heavy atom. The number of methoxy groups -OCH3 is 1. The summed E-state index contributed by atoms with van der Waals surface area (Å²) in [5.41, 5.74) is 1.17. The van der Waals surface area contributed by atoms with E-state index in [1.165, 1.54) is 5.56 Å².